The summed E-state index contributed by atoms with van der Waals surface area (Å²) < 4.78 is 5.31. The van der Waals surface area contributed by atoms with Crippen LogP contribution in [0.3, 0.4) is 0 Å². The molecule has 1 heterocycles. The van der Waals surface area contributed by atoms with E-state index in [1.807, 2.05) is 13.8 Å². The van der Waals surface area contributed by atoms with E-state index in [-0.39, 0.29) is 6.04 Å². The van der Waals surface area contributed by atoms with Crippen LogP contribution in [-0.4, -0.2) is 29.5 Å². The van der Waals surface area contributed by atoms with Crippen LogP contribution in [0.4, 0.5) is 0 Å². The summed E-state index contributed by atoms with van der Waals surface area (Å²) in [6, 6.07) is 0.00280. The fourth-order valence-electron chi connectivity index (χ4n) is 1.06. The van der Waals surface area contributed by atoms with Crippen LogP contribution < -0.4 is 5.73 Å². The Labute approximate surface area is 61.2 Å². The molecule has 0 unspecified atom stereocenters. The lowest BCUT2D eigenvalue weighted by atomic mass is 9.93. The van der Waals surface area contributed by atoms with Crippen LogP contribution >= 0.6 is 0 Å². The highest BCUT2D eigenvalue weighted by Crippen LogP contribution is 2.23. The standard InChI is InChI=1S/C7H15NO2/c1-7(2)6(9)3-5(8)4-10-7/h5-6,9H,3-4,8H2,1-2H3/t5-,6+/m1/s1. The molecule has 1 rings (SSSR count). The summed E-state index contributed by atoms with van der Waals surface area (Å²) >= 11 is 0. The molecule has 3 N–H and O–H groups in total. The molecule has 1 fully saturated rings. The van der Waals surface area contributed by atoms with Gasteiger partial charge in [0.05, 0.1) is 18.3 Å². The van der Waals surface area contributed by atoms with Gasteiger partial charge in [0.1, 0.15) is 0 Å². The molecule has 0 aliphatic carbocycles. The third-order valence-electron chi connectivity index (χ3n) is 2.00. The Morgan fingerprint density at radius 1 is 1.60 bits per heavy atom. The van der Waals surface area contributed by atoms with Gasteiger partial charge in [-0.3, -0.25) is 0 Å². The number of hydrogen-bond acceptors (Lipinski definition) is 3. The number of nitrogens with two attached hydrogens (primary N) is 1. The second-order valence-electron chi connectivity index (χ2n) is 3.43. The predicted octanol–water partition coefficient (Wildman–Crippen LogP) is -0.126. The molecule has 0 aromatic carbocycles. The van der Waals surface area contributed by atoms with E-state index >= 15 is 0 Å². The molecule has 1 aliphatic rings. The Morgan fingerprint density at radius 2 is 2.20 bits per heavy atom. The van der Waals surface area contributed by atoms with Crippen molar-refractivity contribution in [1.82, 2.24) is 0 Å². The minimum atomic E-state index is -0.420. The number of ether oxygens (including phenoxy) is 1. The van der Waals surface area contributed by atoms with E-state index in [4.69, 9.17) is 10.5 Å². The van der Waals surface area contributed by atoms with Crippen molar-refractivity contribution in [1.29, 1.82) is 0 Å². The Bertz CT molecular complexity index is 125. The van der Waals surface area contributed by atoms with Gasteiger partial charge in [-0.25, -0.2) is 0 Å². The van der Waals surface area contributed by atoms with Gasteiger partial charge in [-0.2, -0.15) is 0 Å². The molecule has 0 spiro atoms. The first-order valence-electron chi connectivity index (χ1n) is 3.60. The van der Waals surface area contributed by atoms with Crippen LogP contribution in [0.2, 0.25) is 0 Å². The third-order valence-corrected chi connectivity index (χ3v) is 2.00. The second-order valence-corrected chi connectivity index (χ2v) is 3.43. The van der Waals surface area contributed by atoms with E-state index in [1.54, 1.807) is 0 Å². The highest BCUT2D eigenvalue weighted by molar-refractivity contribution is 4.86. The van der Waals surface area contributed by atoms with Crippen molar-refractivity contribution >= 4 is 0 Å². The SMILES string of the molecule is CC1(C)OC[C@H](N)C[C@@H]1O. The summed E-state index contributed by atoms with van der Waals surface area (Å²) in [5.74, 6) is 0. The number of aliphatic hydroxyl groups is 1. The molecule has 0 saturated carbocycles. The highest BCUT2D eigenvalue weighted by Gasteiger charge is 2.34. The molecule has 2 atom stereocenters. The first-order chi connectivity index (χ1) is 4.52. The van der Waals surface area contributed by atoms with Gasteiger partial charge in [-0.05, 0) is 20.3 Å². The lowest BCUT2D eigenvalue weighted by molar-refractivity contribution is -0.138. The summed E-state index contributed by atoms with van der Waals surface area (Å²) in [6.45, 7) is 4.32. The van der Waals surface area contributed by atoms with Crippen molar-refractivity contribution in [3.8, 4) is 0 Å². The van der Waals surface area contributed by atoms with Crippen LogP contribution in [0.5, 0.6) is 0 Å². The second kappa shape index (κ2) is 2.49. The molecule has 1 saturated heterocycles. The normalized spacial score (nSPS) is 39.6. The quantitative estimate of drug-likeness (QED) is 0.499. The maximum Gasteiger partial charge on any atom is 0.0885 e. The summed E-state index contributed by atoms with van der Waals surface area (Å²) in [6.07, 6.45) is 0.226. The van der Waals surface area contributed by atoms with Gasteiger partial charge in [0.15, 0.2) is 0 Å². The fourth-order valence-corrected chi connectivity index (χ4v) is 1.06. The molecule has 3 nitrogen and oxygen atoms in total. The molecule has 0 amide bonds. The van der Waals surface area contributed by atoms with Gasteiger partial charge in [-0.15, -0.1) is 0 Å². The van der Waals surface area contributed by atoms with Crippen LogP contribution in [0, 0.1) is 0 Å². The van der Waals surface area contributed by atoms with Crippen LogP contribution in [-0.2, 0) is 4.74 Å². The number of aliphatic hydroxyl groups excluding tert-OH is 1. The van der Waals surface area contributed by atoms with Crippen LogP contribution in [0.25, 0.3) is 0 Å². The molecular weight excluding hydrogens is 130 g/mol. The molecule has 0 aromatic heterocycles. The number of rotatable bonds is 0. The summed E-state index contributed by atoms with van der Waals surface area (Å²) in [5.41, 5.74) is 5.15. The first kappa shape index (κ1) is 7.98. The van der Waals surface area contributed by atoms with Crippen molar-refractivity contribution < 1.29 is 9.84 Å². The Morgan fingerprint density at radius 3 is 2.60 bits per heavy atom. The maximum atomic E-state index is 9.40. The highest BCUT2D eigenvalue weighted by atomic mass is 16.5. The van der Waals surface area contributed by atoms with Gasteiger partial charge in [0, 0.05) is 6.04 Å². The first-order valence-corrected chi connectivity index (χ1v) is 3.60. The minimum Gasteiger partial charge on any atom is -0.390 e. The van der Waals surface area contributed by atoms with E-state index in [0.29, 0.717) is 13.0 Å². The Balaban J connectivity index is 2.52. The van der Waals surface area contributed by atoms with Gasteiger partial charge in [-0.1, -0.05) is 0 Å². The maximum absolute atomic E-state index is 9.40. The summed E-state index contributed by atoms with van der Waals surface area (Å²) in [4.78, 5) is 0. The molecular formula is C7H15NO2. The molecule has 3 heteroatoms. The van der Waals surface area contributed by atoms with Crippen molar-refractivity contribution in [3.05, 3.63) is 0 Å². The van der Waals surface area contributed by atoms with E-state index in [9.17, 15) is 5.11 Å². The lowest BCUT2D eigenvalue weighted by Crippen LogP contribution is -2.50. The molecule has 0 bridgehead atoms. The molecule has 10 heavy (non-hydrogen) atoms. The van der Waals surface area contributed by atoms with Crippen molar-refractivity contribution in [2.75, 3.05) is 6.61 Å². The van der Waals surface area contributed by atoms with Gasteiger partial charge in [0.2, 0.25) is 0 Å². The van der Waals surface area contributed by atoms with Gasteiger partial charge in [0.25, 0.3) is 0 Å². The fraction of sp³-hybridized carbons (Fsp3) is 1.00. The number of hydrogen-bond donors (Lipinski definition) is 2. The van der Waals surface area contributed by atoms with E-state index in [2.05, 4.69) is 0 Å². The van der Waals surface area contributed by atoms with Crippen molar-refractivity contribution in [3.63, 3.8) is 0 Å². The summed E-state index contributed by atoms with van der Waals surface area (Å²) in [5, 5.41) is 9.40. The minimum absolute atomic E-state index is 0.00280. The average molecular weight is 145 g/mol. The van der Waals surface area contributed by atoms with Gasteiger partial charge >= 0.3 is 0 Å². The smallest absolute Gasteiger partial charge is 0.0885 e. The zero-order chi connectivity index (χ0) is 7.78. The van der Waals surface area contributed by atoms with Crippen LogP contribution in [0.1, 0.15) is 20.3 Å². The lowest BCUT2D eigenvalue weighted by Gasteiger charge is -2.37. The predicted molar refractivity (Wildman–Crippen MR) is 38.6 cm³/mol. The van der Waals surface area contributed by atoms with Gasteiger partial charge < -0.3 is 15.6 Å². The molecule has 0 radical (unpaired) electrons. The third kappa shape index (κ3) is 1.48. The van der Waals surface area contributed by atoms with E-state index in [1.165, 1.54) is 0 Å². The molecule has 0 aromatic rings. The van der Waals surface area contributed by atoms with E-state index < -0.39 is 11.7 Å². The zero-order valence-electron chi connectivity index (χ0n) is 6.50. The van der Waals surface area contributed by atoms with Crippen molar-refractivity contribution in [2.24, 2.45) is 5.73 Å². The Hall–Kier alpha value is -0.120. The average Bonchev–Trinajstić information content (AvgIpc) is 1.81. The topological polar surface area (TPSA) is 55.5 Å². The molecule has 60 valence electrons. The van der Waals surface area contributed by atoms with Crippen molar-refractivity contribution in [2.45, 2.75) is 38.0 Å². The monoisotopic (exact) mass is 145 g/mol. The summed E-state index contributed by atoms with van der Waals surface area (Å²) in [7, 11) is 0. The Kier molecular flexibility index (Phi) is 1.99. The van der Waals surface area contributed by atoms with Crippen LogP contribution in [0.15, 0.2) is 0 Å². The molecule has 1 aliphatic heterocycles. The van der Waals surface area contributed by atoms with E-state index in [0.717, 1.165) is 0 Å². The largest absolute Gasteiger partial charge is 0.390 e. The zero-order valence-corrected chi connectivity index (χ0v) is 6.50.